The molecule has 0 unspecified atom stereocenters. The van der Waals surface area contributed by atoms with Gasteiger partial charge in [0.2, 0.25) is 5.71 Å². The fraction of sp³-hybridized carbons (Fsp3) is 0.333. The first kappa shape index (κ1) is 7.28. The first-order chi connectivity index (χ1) is 5.70. The van der Waals surface area contributed by atoms with Crippen LogP contribution in [0.15, 0.2) is 10.7 Å². The lowest BCUT2D eigenvalue weighted by molar-refractivity contribution is 0.563. The molecule has 2 aromatic rings. The summed E-state index contributed by atoms with van der Waals surface area (Å²) in [6, 6.07) is 0. The lowest BCUT2D eigenvalue weighted by atomic mass is 10.2. The average molecular weight is 162 g/mol. The van der Waals surface area contributed by atoms with Crippen molar-refractivity contribution in [3.05, 3.63) is 23.3 Å². The van der Waals surface area contributed by atoms with Crippen LogP contribution >= 0.6 is 0 Å². The summed E-state index contributed by atoms with van der Waals surface area (Å²) < 4.78 is 5.43. The third kappa shape index (κ3) is 0.826. The third-order valence-corrected chi connectivity index (χ3v) is 2.15. The summed E-state index contributed by atoms with van der Waals surface area (Å²) in [5.41, 5.74) is 2.81. The Morgan fingerprint density at radius 3 is 2.58 bits per heavy atom. The van der Waals surface area contributed by atoms with Crippen LogP contribution in [0.5, 0.6) is 0 Å². The van der Waals surface area contributed by atoms with E-state index in [1.807, 2.05) is 20.8 Å². The van der Waals surface area contributed by atoms with E-state index in [9.17, 15) is 0 Å². The van der Waals surface area contributed by atoms with Crippen molar-refractivity contribution < 1.29 is 4.42 Å². The fourth-order valence-corrected chi connectivity index (χ4v) is 1.36. The molecular formula is C9H10N2O. The molecule has 0 radical (unpaired) electrons. The summed E-state index contributed by atoms with van der Waals surface area (Å²) in [6.07, 6.45) is 1.53. The van der Waals surface area contributed by atoms with Gasteiger partial charge >= 0.3 is 0 Å². The van der Waals surface area contributed by atoms with E-state index in [0.29, 0.717) is 5.71 Å². The maximum Gasteiger partial charge on any atom is 0.229 e. The highest BCUT2D eigenvalue weighted by Gasteiger charge is 2.09. The van der Waals surface area contributed by atoms with Gasteiger partial charge in [0.25, 0.3) is 0 Å². The molecule has 0 N–H and O–H groups in total. The second kappa shape index (κ2) is 2.30. The molecule has 0 aliphatic carbocycles. The summed E-state index contributed by atoms with van der Waals surface area (Å²) in [7, 11) is 0. The number of hydrogen-bond donors (Lipinski definition) is 0. The van der Waals surface area contributed by atoms with E-state index in [-0.39, 0.29) is 0 Å². The second-order valence-electron chi connectivity index (χ2n) is 2.92. The van der Waals surface area contributed by atoms with Crippen molar-refractivity contribution in [2.45, 2.75) is 20.8 Å². The molecule has 0 aliphatic rings. The minimum atomic E-state index is 0.692. The molecule has 0 aliphatic heterocycles. The Bertz CT molecular complexity index is 431. The lowest BCUT2D eigenvalue weighted by Gasteiger charge is -1.92. The van der Waals surface area contributed by atoms with Crippen molar-refractivity contribution in [3.63, 3.8) is 0 Å². The number of aromatic nitrogens is 2. The number of furan rings is 1. The second-order valence-corrected chi connectivity index (χ2v) is 2.92. The van der Waals surface area contributed by atoms with Crippen LogP contribution in [0.1, 0.15) is 17.0 Å². The molecule has 0 atom stereocenters. The van der Waals surface area contributed by atoms with E-state index < -0.39 is 0 Å². The third-order valence-electron chi connectivity index (χ3n) is 2.15. The molecule has 0 bridgehead atoms. The predicted octanol–water partition coefficient (Wildman–Crippen LogP) is 2.15. The molecule has 0 fully saturated rings. The first-order valence-corrected chi connectivity index (χ1v) is 3.87. The Labute approximate surface area is 70.4 Å². The maximum absolute atomic E-state index is 5.43. The van der Waals surface area contributed by atoms with Crippen LogP contribution in [0, 0.1) is 20.8 Å². The molecule has 3 nitrogen and oxygen atoms in total. The van der Waals surface area contributed by atoms with Gasteiger partial charge in [0.05, 0.1) is 11.1 Å². The normalized spacial score (nSPS) is 10.9. The van der Waals surface area contributed by atoms with Crippen LogP contribution in [-0.2, 0) is 0 Å². The largest absolute Gasteiger partial charge is 0.443 e. The van der Waals surface area contributed by atoms with Gasteiger partial charge in [0, 0.05) is 5.56 Å². The number of hydrogen-bond acceptors (Lipinski definition) is 3. The molecule has 0 spiro atoms. The Kier molecular flexibility index (Phi) is 1.40. The highest BCUT2D eigenvalue weighted by Crippen LogP contribution is 2.23. The van der Waals surface area contributed by atoms with Crippen LogP contribution in [0.4, 0.5) is 0 Å². The topological polar surface area (TPSA) is 38.9 Å². The van der Waals surface area contributed by atoms with Crippen LogP contribution in [-0.4, -0.2) is 9.97 Å². The zero-order chi connectivity index (χ0) is 8.72. The van der Waals surface area contributed by atoms with Gasteiger partial charge in [0.15, 0.2) is 0 Å². The molecule has 0 aromatic carbocycles. The fourth-order valence-electron chi connectivity index (χ4n) is 1.36. The average Bonchev–Trinajstić information content (AvgIpc) is 2.29. The number of nitrogens with zero attached hydrogens (tertiary/aromatic N) is 2. The monoisotopic (exact) mass is 162 g/mol. The zero-order valence-corrected chi connectivity index (χ0v) is 7.38. The molecule has 2 aromatic heterocycles. The standard InChI is InChI=1S/C9H10N2O/c1-5-7(3)12-9-8(5)6(2)10-4-11-9/h4H,1-3H3. The quantitative estimate of drug-likeness (QED) is 0.595. The maximum atomic E-state index is 5.43. The molecule has 0 saturated carbocycles. The summed E-state index contributed by atoms with van der Waals surface area (Å²) in [6.45, 7) is 5.93. The highest BCUT2D eigenvalue weighted by atomic mass is 16.3. The molecule has 2 rings (SSSR count). The van der Waals surface area contributed by atoms with E-state index in [1.165, 1.54) is 6.33 Å². The number of rotatable bonds is 0. The van der Waals surface area contributed by atoms with Crippen LogP contribution in [0.25, 0.3) is 11.1 Å². The van der Waals surface area contributed by atoms with E-state index >= 15 is 0 Å². The van der Waals surface area contributed by atoms with Gasteiger partial charge < -0.3 is 4.42 Å². The van der Waals surface area contributed by atoms with Crippen LogP contribution < -0.4 is 0 Å². The number of fused-ring (bicyclic) bond motifs is 1. The first-order valence-electron chi connectivity index (χ1n) is 3.87. The van der Waals surface area contributed by atoms with Gasteiger partial charge in [-0.1, -0.05) is 0 Å². The van der Waals surface area contributed by atoms with Crippen molar-refractivity contribution in [2.24, 2.45) is 0 Å². The molecule has 3 heteroatoms. The van der Waals surface area contributed by atoms with Gasteiger partial charge in [-0.15, -0.1) is 0 Å². The smallest absolute Gasteiger partial charge is 0.229 e. The molecule has 0 saturated heterocycles. The summed E-state index contributed by atoms with van der Waals surface area (Å²) in [5.74, 6) is 0.925. The highest BCUT2D eigenvalue weighted by molar-refractivity contribution is 5.80. The van der Waals surface area contributed by atoms with Gasteiger partial charge in [-0.05, 0) is 20.8 Å². The Hall–Kier alpha value is -1.38. The van der Waals surface area contributed by atoms with Crippen LogP contribution in [0.2, 0.25) is 0 Å². The summed E-state index contributed by atoms with van der Waals surface area (Å²) >= 11 is 0. The van der Waals surface area contributed by atoms with Crippen molar-refractivity contribution >= 4 is 11.1 Å². The van der Waals surface area contributed by atoms with Gasteiger partial charge in [-0.2, -0.15) is 0 Å². The zero-order valence-electron chi connectivity index (χ0n) is 7.38. The van der Waals surface area contributed by atoms with E-state index in [2.05, 4.69) is 9.97 Å². The molecule has 62 valence electrons. The van der Waals surface area contributed by atoms with E-state index in [4.69, 9.17) is 4.42 Å². The SMILES string of the molecule is Cc1oc2ncnc(C)c2c1C. The molecular weight excluding hydrogens is 152 g/mol. The summed E-state index contributed by atoms with van der Waals surface area (Å²) in [4.78, 5) is 8.16. The predicted molar refractivity (Wildman–Crippen MR) is 46.0 cm³/mol. The summed E-state index contributed by atoms with van der Waals surface area (Å²) in [5, 5.41) is 1.05. The van der Waals surface area contributed by atoms with Crippen molar-refractivity contribution in [1.29, 1.82) is 0 Å². The Morgan fingerprint density at radius 2 is 1.92 bits per heavy atom. The molecule has 0 amide bonds. The lowest BCUT2D eigenvalue weighted by Crippen LogP contribution is -1.84. The van der Waals surface area contributed by atoms with E-state index in [0.717, 1.165) is 22.4 Å². The van der Waals surface area contributed by atoms with Gasteiger partial charge in [-0.3, -0.25) is 0 Å². The Morgan fingerprint density at radius 1 is 1.17 bits per heavy atom. The minimum Gasteiger partial charge on any atom is -0.443 e. The van der Waals surface area contributed by atoms with Crippen molar-refractivity contribution in [2.75, 3.05) is 0 Å². The van der Waals surface area contributed by atoms with Crippen LogP contribution in [0.3, 0.4) is 0 Å². The van der Waals surface area contributed by atoms with Crippen molar-refractivity contribution in [3.8, 4) is 0 Å². The minimum absolute atomic E-state index is 0.692. The van der Waals surface area contributed by atoms with Gasteiger partial charge in [-0.25, -0.2) is 9.97 Å². The van der Waals surface area contributed by atoms with Crippen molar-refractivity contribution in [1.82, 2.24) is 9.97 Å². The Balaban J connectivity index is 2.97. The number of aryl methyl sites for hydroxylation is 3. The van der Waals surface area contributed by atoms with E-state index in [1.54, 1.807) is 0 Å². The molecule has 2 heterocycles. The molecule has 12 heavy (non-hydrogen) atoms. The van der Waals surface area contributed by atoms with Gasteiger partial charge in [0.1, 0.15) is 12.1 Å².